The lowest BCUT2D eigenvalue weighted by Crippen LogP contribution is -2.15. The van der Waals surface area contributed by atoms with Gasteiger partial charge in [0, 0.05) is 5.41 Å². The Hall–Kier alpha value is -2.38. The number of halogens is 1. The summed E-state index contributed by atoms with van der Waals surface area (Å²) in [7, 11) is 0. The molecule has 0 nitrogen and oxygen atoms in total. The van der Waals surface area contributed by atoms with Crippen molar-refractivity contribution >= 4 is 27.8 Å². The van der Waals surface area contributed by atoms with Gasteiger partial charge in [0.2, 0.25) is 0 Å². The summed E-state index contributed by atoms with van der Waals surface area (Å²) in [5.74, 6) is 0. The molecule has 4 aromatic rings. The van der Waals surface area contributed by atoms with E-state index in [2.05, 4.69) is 98.8 Å². The Morgan fingerprint density at radius 3 is 2.12 bits per heavy atom. The van der Waals surface area contributed by atoms with E-state index in [0.717, 1.165) is 0 Å². The summed E-state index contributed by atoms with van der Waals surface area (Å²) in [5, 5.41) is 2.70. The molecule has 0 amide bonds. The molecular weight excluding hydrogens is 380 g/mol. The summed E-state index contributed by atoms with van der Waals surface area (Å²) in [5.41, 5.74) is 8.25. The number of fused-ring (bicyclic) bond motifs is 5. The Balaban J connectivity index is 0.00000168. The first kappa shape index (κ1) is 17.1. The molecule has 0 fully saturated rings. The Bertz CT molecular complexity index is 1110. The Morgan fingerprint density at radius 1 is 0.615 bits per heavy atom. The van der Waals surface area contributed by atoms with Crippen molar-refractivity contribution in [3.05, 3.63) is 96.1 Å². The van der Waals surface area contributed by atoms with Gasteiger partial charge in [-0.2, -0.15) is 0 Å². The van der Waals surface area contributed by atoms with Gasteiger partial charge in [-0.15, -0.1) is 17.0 Å². The quantitative estimate of drug-likeness (QED) is 0.312. The third-order valence-electron chi connectivity index (χ3n) is 5.64. The van der Waals surface area contributed by atoms with Crippen molar-refractivity contribution in [2.75, 3.05) is 0 Å². The fourth-order valence-electron chi connectivity index (χ4n) is 4.41. The molecule has 26 heavy (non-hydrogen) atoms. The molecule has 0 spiro atoms. The number of hydrogen-bond acceptors (Lipinski definition) is 0. The number of rotatable bonds is 1. The fraction of sp³-hybridized carbons (Fsp3) is 0.120. The summed E-state index contributed by atoms with van der Waals surface area (Å²) in [4.78, 5) is 0. The smallest absolute Gasteiger partial charge is 0.0165 e. The molecule has 1 heteroatoms. The highest BCUT2D eigenvalue weighted by Gasteiger charge is 2.36. The zero-order chi connectivity index (χ0) is 17.0. The van der Waals surface area contributed by atoms with Gasteiger partial charge in [0.1, 0.15) is 0 Å². The largest absolute Gasteiger partial charge is 0.114 e. The molecular formula is C25H21Br. The van der Waals surface area contributed by atoms with Crippen LogP contribution in [-0.4, -0.2) is 0 Å². The minimum atomic E-state index is 0. The lowest BCUT2D eigenvalue weighted by molar-refractivity contribution is 0.666. The van der Waals surface area contributed by atoms with Crippen LogP contribution in [0.2, 0.25) is 0 Å². The first-order valence-corrected chi connectivity index (χ1v) is 8.89. The first-order valence-electron chi connectivity index (χ1n) is 8.89. The predicted octanol–water partition coefficient (Wildman–Crippen LogP) is 7.39. The van der Waals surface area contributed by atoms with Crippen LogP contribution in [0.15, 0.2) is 84.9 Å². The number of hydrogen-bond donors (Lipinski definition) is 0. The highest BCUT2D eigenvalue weighted by molar-refractivity contribution is 8.93. The van der Waals surface area contributed by atoms with Crippen molar-refractivity contribution in [1.82, 2.24) is 0 Å². The second-order valence-corrected chi connectivity index (χ2v) is 7.46. The SMILES string of the molecule is Br.CC1(C)c2cc(-c3ccccc3)ccc2-c2ccc3ccccc3c21. The van der Waals surface area contributed by atoms with Gasteiger partial charge in [-0.25, -0.2) is 0 Å². The van der Waals surface area contributed by atoms with Crippen LogP contribution < -0.4 is 0 Å². The summed E-state index contributed by atoms with van der Waals surface area (Å²) >= 11 is 0. The summed E-state index contributed by atoms with van der Waals surface area (Å²) < 4.78 is 0. The second kappa shape index (κ2) is 6.10. The van der Waals surface area contributed by atoms with Gasteiger partial charge in [-0.05, 0) is 50.2 Å². The summed E-state index contributed by atoms with van der Waals surface area (Å²) in [6, 6.07) is 30.9. The van der Waals surface area contributed by atoms with Crippen molar-refractivity contribution in [2.24, 2.45) is 0 Å². The molecule has 5 rings (SSSR count). The van der Waals surface area contributed by atoms with E-state index in [1.807, 2.05) is 0 Å². The minimum absolute atomic E-state index is 0. The van der Waals surface area contributed by atoms with E-state index in [1.54, 1.807) is 0 Å². The van der Waals surface area contributed by atoms with Gasteiger partial charge in [-0.3, -0.25) is 0 Å². The van der Waals surface area contributed by atoms with Crippen LogP contribution in [0, 0.1) is 0 Å². The zero-order valence-electron chi connectivity index (χ0n) is 15.0. The standard InChI is InChI=1S/C25H20.BrH/c1-25(2)23-16-19(17-8-4-3-5-9-17)13-14-21(23)22-15-12-18-10-6-7-11-20(18)24(22)25;/h3-16H,1-2H3;1H. The van der Waals surface area contributed by atoms with Gasteiger partial charge < -0.3 is 0 Å². The van der Waals surface area contributed by atoms with Crippen molar-refractivity contribution in [2.45, 2.75) is 19.3 Å². The maximum absolute atomic E-state index is 2.39. The molecule has 0 radical (unpaired) electrons. The van der Waals surface area contributed by atoms with E-state index >= 15 is 0 Å². The Kier molecular flexibility index (Phi) is 4.00. The van der Waals surface area contributed by atoms with Gasteiger partial charge >= 0.3 is 0 Å². The molecule has 1 aliphatic rings. The molecule has 0 bridgehead atoms. The zero-order valence-corrected chi connectivity index (χ0v) is 16.7. The Morgan fingerprint density at radius 2 is 1.31 bits per heavy atom. The van der Waals surface area contributed by atoms with Gasteiger partial charge in [0.25, 0.3) is 0 Å². The predicted molar refractivity (Wildman–Crippen MR) is 117 cm³/mol. The molecule has 0 heterocycles. The van der Waals surface area contributed by atoms with Crippen molar-refractivity contribution in [1.29, 1.82) is 0 Å². The third kappa shape index (κ3) is 2.34. The van der Waals surface area contributed by atoms with E-state index < -0.39 is 0 Å². The van der Waals surface area contributed by atoms with Crippen molar-refractivity contribution in [3.8, 4) is 22.3 Å². The second-order valence-electron chi connectivity index (χ2n) is 7.46. The van der Waals surface area contributed by atoms with E-state index in [4.69, 9.17) is 0 Å². The molecule has 0 aliphatic heterocycles. The molecule has 0 N–H and O–H groups in total. The summed E-state index contributed by atoms with van der Waals surface area (Å²) in [6.45, 7) is 4.72. The molecule has 128 valence electrons. The van der Waals surface area contributed by atoms with E-state index in [1.165, 1.54) is 44.2 Å². The molecule has 0 aromatic heterocycles. The minimum Gasteiger partial charge on any atom is -0.114 e. The third-order valence-corrected chi connectivity index (χ3v) is 5.64. The van der Waals surface area contributed by atoms with Crippen LogP contribution in [0.1, 0.15) is 25.0 Å². The number of benzene rings is 4. The lowest BCUT2D eigenvalue weighted by atomic mass is 9.79. The first-order chi connectivity index (χ1) is 12.2. The van der Waals surface area contributed by atoms with Gasteiger partial charge in [0.05, 0.1) is 0 Å². The molecule has 0 atom stereocenters. The topological polar surface area (TPSA) is 0 Å². The van der Waals surface area contributed by atoms with Gasteiger partial charge in [-0.1, -0.05) is 92.7 Å². The van der Waals surface area contributed by atoms with Crippen LogP contribution in [0.5, 0.6) is 0 Å². The van der Waals surface area contributed by atoms with Crippen molar-refractivity contribution in [3.63, 3.8) is 0 Å². The average Bonchev–Trinajstić information content (AvgIpc) is 2.90. The monoisotopic (exact) mass is 400 g/mol. The molecule has 4 aromatic carbocycles. The fourth-order valence-corrected chi connectivity index (χ4v) is 4.41. The maximum atomic E-state index is 2.39. The van der Waals surface area contributed by atoms with Gasteiger partial charge in [0.15, 0.2) is 0 Å². The molecule has 1 aliphatic carbocycles. The van der Waals surface area contributed by atoms with Crippen LogP contribution in [-0.2, 0) is 5.41 Å². The van der Waals surface area contributed by atoms with E-state index in [-0.39, 0.29) is 22.4 Å². The van der Waals surface area contributed by atoms with E-state index in [0.29, 0.717) is 0 Å². The van der Waals surface area contributed by atoms with Crippen molar-refractivity contribution < 1.29 is 0 Å². The normalized spacial score (nSPS) is 13.8. The van der Waals surface area contributed by atoms with Crippen LogP contribution >= 0.6 is 17.0 Å². The Labute approximate surface area is 165 Å². The van der Waals surface area contributed by atoms with Crippen LogP contribution in [0.3, 0.4) is 0 Å². The summed E-state index contributed by atoms with van der Waals surface area (Å²) in [6.07, 6.45) is 0. The average molecular weight is 401 g/mol. The molecule has 0 saturated heterocycles. The molecule has 0 saturated carbocycles. The lowest BCUT2D eigenvalue weighted by Gasteiger charge is -2.23. The highest BCUT2D eigenvalue weighted by Crippen LogP contribution is 2.51. The highest BCUT2D eigenvalue weighted by atomic mass is 79.9. The maximum Gasteiger partial charge on any atom is 0.0165 e. The molecule has 0 unspecified atom stereocenters. The van der Waals surface area contributed by atoms with Crippen LogP contribution in [0.25, 0.3) is 33.0 Å². The van der Waals surface area contributed by atoms with Crippen LogP contribution in [0.4, 0.5) is 0 Å². The van der Waals surface area contributed by atoms with E-state index in [9.17, 15) is 0 Å².